The first-order chi connectivity index (χ1) is 9.77. The fourth-order valence-corrected chi connectivity index (χ4v) is 3.16. The van der Waals surface area contributed by atoms with Gasteiger partial charge >= 0.3 is 0 Å². The maximum Gasteiger partial charge on any atom is 0.0270 e. The molecule has 20 heavy (non-hydrogen) atoms. The molecule has 0 spiro atoms. The zero-order valence-electron chi connectivity index (χ0n) is 12.1. The lowest BCUT2D eigenvalue weighted by Gasteiger charge is -2.11. The summed E-state index contributed by atoms with van der Waals surface area (Å²) in [5, 5.41) is 0. The van der Waals surface area contributed by atoms with E-state index < -0.39 is 0 Å². The average molecular weight is 379 g/mol. The molecule has 0 amide bonds. The fraction of sp³-hybridized carbons (Fsp3) is 0.389. The van der Waals surface area contributed by atoms with Crippen molar-refractivity contribution in [2.45, 2.75) is 44.9 Å². The van der Waals surface area contributed by atoms with Crippen molar-refractivity contribution in [2.75, 3.05) is 0 Å². The predicted molar refractivity (Wildman–Crippen MR) is 94.0 cm³/mol. The monoisotopic (exact) mass is 379 g/mol. The van der Waals surface area contributed by atoms with Gasteiger partial charge in [-0.15, -0.1) is 0 Å². The molecule has 0 saturated heterocycles. The lowest BCUT2D eigenvalue weighted by atomic mass is 9.95. The number of pyridine rings is 1. The third kappa shape index (κ3) is 4.89. The first kappa shape index (κ1) is 15.5. The van der Waals surface area contributed by atoms with Crippen LogP contribution in [0.4, 0.5) is 0 Å². The van der Waals surface area contributed by atoms with E-state index in [1.54, 1.807) is 0 Å². The van der Waals surface area contributed by atoms with E-state index in [9.17, 15) is 0 Å². The molecule has 1 atom stereocenters. The SMILES string of the molecule is CC(CCCCCc1ccccc1I)c1ccncc1. The minimum Gasteiger partial charge on any atom is -0.265 e. The van der Waals surface area contributed by atoms with Crippen LogP contribution in [0.3, 0.4) is 0 Å². The molecule has 0 aliphatic heterocycles. The van der Waals surface area contributed by atoms with Crippen molar-refractivity contribution in [1.29, 1.82) is 0 Å². The van der Waals surface area contributed by atoms with Crippen LogP contribution in [0, 0.1) is 3.57 Å². The number of nitrogens with zero attached hydrogens (tertiary/aromatic N) is 1. The maximum absolute atomic E-state index is 4.08. The largest absolute Gasteiger partial charge is 0.265 e. The minimum atomic E-state index is 0.648. The maximum atomic E-state index is 4.08. The standard InChI is InChI=1S/C18H22IN/c1-15(16-11-13-20-14-12-16)7-3-2-4-8-17-9-5-6-10-18(17)19/h5-6,9-15H,2-4,7-8H2,1H3. The molecule has 1 heterocycles. The molecular weight excluding hydrogens is 357 g/mol. The van der Waals surface area contributed by atoms with Crippen LogP contribution in [0.5, 0.6) is 0 Å². The Bertz CT molecular complexity index is 510. The van der Waals surface area contributed by atoms with Gasteiger partial charge in [0.2, 0.25) is 0 Å². The Balaban J connectivity index is 1.66. The van der Waals surface area contributed by atoms with Gasteiger partial charge < -0.3 is 0 Å². The van der Waals surface area contributed by atoms with E-state index in [0.717, 1.165) is 0 Å². The molecule has 0 saturated carbocycles. The molecular formula is C18H22IN. The second-order valence-electron chi connectivity index (χ2n) is 5.37. The second kappa shape index (κ2) is 8.40. The number of aromatic nitrogens is 1. The summed E-state index contributed by atoms with van der Waals surface area (Å²) < 4.78 is 1.40. The van der Waals surface area contributed by atoms with Gasteiger partial charge in [0.05, 0.1) is 0 Å². The Morgan fingerprint density at radius 1 is 1.00 bits per heavy atom. The Kier molecular flexibility index (Phi) is 6.51. The van der Waals surface area contributed by atoms with Gasteiger partial charge in [0.25, 0.3) is 0 Å². The van der Waals surface area contributed by atoms with E-state index in [1.807, 2.05) is 12.4 Å². The van der Waals surface area contributed by atoms with Crippen LogP contribution >= 0.6 is 22.6 Å². The summed E-state index contributed by atoms with van der Waals surface area (Å²) in [6.07, 6.45) is 10.2. The first-order valence-corrected chi connectivity index (χ1v) is 8.48. The minimum absolute atomic E-state index is 0.648. The molecule has 1 aromatic carbocycles. The fourth-order valence-electron chi connectivity index (χ4n) is 2.50. The number of halogens is 1. The lowest BCUT2D eigenvalue weighted by molar-refractivity contribution is 0.584. The van der Waals surface area contributed by atoms with E-state index >= 15 is 0 Å². The third-order valence-corrected chi connectivity index (χ3v) is 4.87. The van der Waals surface area contributed by atoms with Crippen LogP contribution in [0.1, 0.15) is 49.7 Å². The van der Waals surface area contributed by atoms with E-state index in [4.69, 9.17) is 0 Å². The summed E-state index contributed by atoms with van der Waals surface area (Å²) in [6, 6.07) is 13.0. The molecule has 0 bridgehead atoms. The van der Waals surface area contributed by atoms with Crippen LogP contribution in [-0.4, -0.2) is 4.98 Å². The van der Waals surface area contributed by atoms with Gasteiger partial charge in [0.1, 0.15) is 0 Å². The molecule has 0 N–H and O–H groups in total. The number of hydrogen-bond acceptors (Lipinski definition) is 1. The number of rotatable bonds is 7. The Morgan fingerprint density at radius 2 is 1.75 bits per heavy atom. The zero-order chi connectivity index (χ0) is 14.2. The van der Waals surface area contributed by atoms with Gasteiger partial charge in [0, 0.05) is 16.0 Å². The highest BCUT2D eigenvalue weighted by Crippen LogP contribution is 2.22. The van der Waals surface area contributed by atoms with Gasteiger partial charge in [-0.05, 0) is 77.1 Å². The molecule has 0 fully saturated rings. The van der Waals surface area contributed by atoms with Crippen LogP contribution in [-0.2, 0) is 6.42 Å². The second-order valence-corrected chi connectivity index (χ2v) is 6.53. The first-order valence-electron chi connectivity index (χ1n) is 7.40. The Hall–Kier alpha value is -0.900. The summed E-state index contributed by atoms with van der Waals surface area (Å²) in [7, 11) is 0. The van der Waals surface area contributed by atoms with Gasteiger partial charge in [0.15, 0.2) is 0 Å². The molecule has 0 aliphatic carbocycles. The number of hydrogen-bond donors (Lipinski definition) is 0. The molecule has 2 rings (SSSR count). The Labute approximate surface area is 136 Å². The van der Waals surface area contributed by atoms with Gasteiger partial charge in [-0.2, -0.15) is 0 Å². The van der Waals surface area contributed by atoms with Crippen molar-refractivity contribution in [3.05, 3.63) is 63.5 Å². The summed E-state index contributed by atoms with van der Waals surface area (Å²) in [4.78, 5) is 4.08. The van der Waals surface area contributed by atoms with Crippen molar-refractivity contribution in [3.63, 3.8) is 0 Å². The van der Waals surface area contributed by atoms with Gasteiger partial charge in [-0.3, -0.25) is 4.98 Å². The smallest absolute Gasteiger partial charge is 0.0270 e. The van der Waals surface area contributed by atoms with Crippen molar-refractivity contribution >= 4 is 22.6 Å². The molecule has 0 radical (unpaired) electrons. The van der Waals surface area contributed by atoms with Crippen molar-refractivity contribution in [1.82, 2.24) is 4.98 Å². The van der Waals surface area contributed by atoms with Crippen molar-refractivity contribution in [3.8, 4) is 0 Å². The normalized spacial score (nSPS) is 12.3. The van der Waals surface area contributed by atoms with Gasteiger partial charge in [-0.1, -0.05) is 38.0 Å². The van der Waals surface area contributed by atoms with Crippen molar-refractivity contribution < 1.29 is 0 Å². The number of benzene rings is 1. The highest BCUT2D eigenvalue weighted by molar-refractivity contribution is 14.1. The third-order valence-electron chi connectivity index (χ3n) is 3.82. The topological polar surface area (TPSA) is 12.9 Å². The molecule has 2 aromatic rings. The summed E-state index contributed by atoms with van der Waals surface area (Å²) in [6.45, 7) is 2.31. The van der Waals surface area contributed by atoms with E-state index in [1.165, 1.54) is 46.8 Å². The molecule has 1 nitrogen and oxygen atoms in total. The summed E-state index contributed by atoms with van der Waals surface area (Å²) in [5.41, 5.74) is 2.91. The highest BCUT2D eigenvalue weighted by atomic mass is 127. The molecule has 106 valence electrons. The Morgan fingerprint density at radius 3 is 2.50 bits per heavy atom. The quantitative estimate of drug-likeness (QED) is 0.451. The van der Waals surface area contributed by atoms with Crippen LogP contribution < -0.4 is 0 Å². The molecule has 2 heteroatoms. The lowest BCUT2D eigenvalue weighted by Crippen LogP contribution is -1.95. The number of aryl methyl sites for hydroxylation is 1. The summed E-state index contributed by atoms with van der Waals surface area (Å²) >= 11 is 2.43. The van der Waals surface area contributed by atoms with E-state index in [-0.39, 0.29) is 0 Å². The average Bonchev–Trinajstić information content (AvgIpc) is 2.49. The van der Waals surface area contributed by atoms with E-state index in [2.05, 4.69) is 70.9 Å². The van der Waals surface area contributed by atoms with Crippen molar-refractivity contribution in [2.24, 2.45) is 0 Å². The van der Waals surface area contributed by atoms with Crippen LogP contribution in [0.25, 0.3) is 0 Å². The molecule has 1 aromatic heterocycles. The molecule has 0 aliphatic rings. The van der Waals surface area contributed by atoms with Gasteiger partial charge in [-0.25, -0.2) is 0 Å². The summed E-state index contributed by atoms with van der Waals surface area (Å²) in [5.74, 6) is 0.648. The van der Waals surface area contributed by atoms with Crippen LogP contribution in [0.2, 0.25) is 0 Å². The van der Waals surface area contributed by atoms with Crippen LogP contribution in [0.15, 0.2) is 48.8 Å². The zero-order valence-corrected chi connectivity index (χ0v) is 14.2. The highest BCUT2D eigenvalue weighted by Gasteiger charge is 2.04. The molecule has 1 unspecified atom stereocenters. The van der Waals surface area contributed by atoms with E-state index in [0.29, 0.717) is 5.92 Å². The predicted octanol–water partition coefficient (Wildman–Crippen LogP) is 5.59. The number of unbranched alkanes of at least 4 members (excludes halogenated alkanes) is 2.